The number of alkyl halides is 3. The Hall–Kier alpha value is -1.23. The van der Waals surface area contributed by atoms with Gasteiger partial charge < -0.3 is 10.6 Å². The summed E-state index contributed by atoms with van der Waals surface area (Å²) < 4.78 is 39.4. The second-order valence-corrected chi connectivity index (χ2v) is 5.41. The lowest BCUT2D eigenvalue weighted by Gasteiger charge is -2.23. The molecule has 1 fully saturated rings. The molecule has 2 unspecified atom stereocenters. The monoisotopic (exact) mass is 272 g/mol. The Balaban J connectivity index is 2.40. The normalized spacial score (nSPS) is 24.0. The molecule has 1 aromatic rings. The van der Waals surface area contributed by atoms with E-state index in [2.05, 4.69) is 13.8 Å². The predicted octanol–water partition coefficient (Wildman–Crippen LogP) is 3.26. The smallest absolute Gasteiger partial charge is 0.370 e. The minimum atomic E-state index is -4.34. The van der Waals surface area contributed by atoms with Crippen LogP contribution in [0.25, 0.3) is 0 Å². The summed E-state index contributed by atoms with van der Waals surface area (Å²) in [7, 11) is 0. The van der Waals surface area contributed by atoms with Gasteiger partial charge >= 0.3 is 6.18 Å². The molecular weight excluding hydrogens is 253 g/mol. The van der Waals surface area contributed by atoms with Crippen LogP contribution in [0.1, 0.15) is 25.0 Å². The average Bonchev–Trinajstić information content (AvgIpc) is 2.67. The van der Waals surface area contributed by atoms with Crippen molar-refractivity contribution in [3.05, 3.63) is 29.3 Å². The van der Waals surface area contributed by atoms with Gasteiger partial charge in [-0.1, -0.05) is 19.9 Å². The van der Waals surface area contributed by atoms with Crippen LogP contribution in [-0.2, 0) is 12.7 Å². The van der Waals surface area contributed by atoms with Gasteiger partial charge in [-0.25, -0.2) is 0 Å². The lowest BCUT2D eigenvalue weighted by Crippen LogP contribution is -2.23. The zero-order valence-electron chi connectivity index (χ0n) is 11.2. The number of rotatable bonds is 2. The third-order valence-corrected chi connectivity index (χ3v) is 3.93. The van der Waals surface area contributed by atoms with Crippen molar-refractivity contribution in [2.45, 2.75) is 26.6 Å². The summed E-state index contributed by atoms with van der Waals surface area (Å²) in [5.74, 6) is 0.825. The third kappa shape index (κ3) is 2.86. The SMILES string of the molecule is CC1CN(c2ccc(CN)cc2C(F)(F)F)CC1C. The van der Waals surface area contributed by atoms with E-state index in [1.807, 2.05) is 4.90 Å². The fourth-order valence-corrected chi connectivity index (χ4v) is 2.54. The Morgan fingerprint density at radius 3 is 2.26 bits per heavy atom. The Bertz CT molecular complexity index is 446. The molecule has 0 radical (unpaired) electrons. The lowest BCUT2D eigenvalue weighted by molar-refractivity contribution is -0.137. The average molecular weight is 272 g/mol. The molecule has 2 rings (SSSR count). The molecule has 2 N–H and O–H groups in total. The number of halogens is 3. The van der Waals surface area contributed by atoms with E-state index >= 15 is 0 Å². The van der Waals surface area contributed by atoms with Crippen molar-refractivity contribution in [1.82, 2.24) is 0 Å². The molecule has 1 heterocycles. The predicted molar refractivity (Wildman–Crippen MR) is 69.9 cm³/mol. The largest absolute Gasteiger partial charge is 0.418 e. The van der Waals surface area contributed by atoms with E-state index in [1.165, 1.54) is 6.07 Å². The Morgan fingerprint density at radius 2 is 1.79 bits per heavy atom. The van der Waals surface area contributed by atoms with Gasteiger partial charge in [0.05, 0.1) is 5.56 Å². The van der Waals surface area contributed by atoms with E-state index in [0.29, 0.717) is 30.5 Å². The summed E-state index contributed by atoms with van der Waals surface area (Å²) >= 11 is 0. The molecule has 106 valence electrons. The number of anilines is 1. The maximum atomic E-state index is 13.1. The standard InChI is InChI=1S/C14H19F3N2/c1-9-7-19(8-10(9)2)13-4-3-11(6-18)5-12(13)14(15,16)17/h3-5,9-10H,6-8,18H2,1-2H3. The van der Waals surface area contributed by atoms with Crippen molar-refractivity contribution in [3.8, 4) is 0 Å². The van der Waals surface area contributed by atoms with Gasteiger partial charge in [-0.2, -0.15) is 13.2 Å². The summed E-state index contributed by atoms with van der Waals surface area (Å²) in [6.07, 6.45) is -4.34. The van der Waals surface area contributed by atoms with Gasteiger partial charge in [0.1, 0.15) is 0 Å². The van der Waals surface area contributed by atoms with E-state index in [0.717, 1.165) is 0 Å². The zero-order valence-corrected chi connectivity index (χ0v) is 11.2. The number of hydrogen-bond donors (Lipinski definition) is 1. The minimum absolute atomic E-state index is 0.121. The number of benzene rings is 1. The Labute approximate surface area is 111 Å². The van der Waals surface area contributed by atoms with Crippen molar-refractivity contribution < 1.29 is 13.2 Å². The fraction of sp³-hybridized carbons (Fsp3) is 0.571. The van der Waals surface area contributed by atoms with E-state index in [1.54, 1.807) is 12.1 Å². The van der Waals surface area contributed by atoms with E-state index in [-0.39, 0.29) is 12.2 Å². The molecular formula is C14H19F3N2. The molecule has 0 spiro atoms. The highest BCUT2D eigenvalue weighted by Crippen LogP contribution is 2.39. The van der Waals surface area contributed by atoms with Crippen LogP contribution in [0.3, 0.4) is 0 Å². The van der Waals surface area contributed by atoms with Crippen LogP contribution in [0.5, 0.6) is 0 Å². The van der Waals surface area contributed by atoms with Crippen molar-refractivity contribution in [1.29, 1.82) is 0 Å². The lowest BCUT2D eigenvalue weighted by atomic mass is 10.0. The molecule has 1 saturated heterocycles. The van der Waals surface area contributed by atoms with Crippen molar-refractivity contribution >= 4 is 5.69 Å². The number of nitrogens with two attached hydrogens (primary N) is 1. The molecule has 1 aromatic carbocycles. The second-order valence-electron chi connectivity index (χ2n) is 5.41. The Morgan fingerprint density at radius 1 is 1.21 bits per heavy atom. The molecule has 0 saturated carbocycles. The molecule has 0 aliphatic carbocycles. The summed E-state index contributed by atoms with van der Waals surface area (Å²) in [5.41, 5.74) is 5.65. The van der Waals surface area contributed by atoms with Gasteiger partial charge in [0.25, 0.3) is 0 Å². The first-order valence-electron chi connectivity index (χ1n) is 6.48. The zero-order chi connectivity index (χ0) is 14.2. The van der Waals surface area contributed by atoms with Gasteiger partial charge in [0.15, 0.2) is 0 Å². The fourth-order valence-electron chi connectivity index (χ4n) is 2.54. The topological polar surface area (TPSA) is 29.3 Å². The highest BCUT2D eigenvalue weighted by atomic mass is 19.4. The van der Waals surface area contributed by atoms with Gasteiger partial charge in [0, 0.05) is 25.3 Å². The molecule has 1 aliphatic rings. The molecule has 2 nitrogen and oxygen atoms in total. The minimum Gasteiger partial charge on any atom is -0.370 e. The maximum absolute atomic E-state index is 13.1. The second kappa shape index (κ2) is 5.04. The van der Waals surface area contributed by atoms with Gasteiger partial charge in [-0.15, -0.1) is 0 Å². The van der Waals surface area contributed by atoms with E-state index in [9.17, 15) is 13.2 Å². The van der Waals surface area contributed by atoms with Crippen molar-refractivity contribution in [2.75, 3.05) is 18.0 Å². The molecule has 5 heteroatoms. The first kappa shape index (κ1) is 14.2. The number of hydrogen-bond acceptors (Lipinski definition) is 2. The summed E-state index contributed by atoms with van der Waals surface area (Å²) in [5, 5.41) is 0. The van der Waals surface area contributed by atoms with Gasteiger partial charge in [-0.3, -0.25) is 0 Å². The molecule has 19 heavy (non-hydrogen) atoms. The first-order valence-corrected chi connectivity index (χ1v) is 6.48. The van der Waals surface area contributed by atoms with Crippen LogP contribution < -0.4 is 10.6 Å². The van der Waals surface area contributed by atoms with E-state index in [4.69, 9.17) is 5.73 Å². The Kier molecular flexibility index (Phi) is 3.76. The third-order valence-electron chi connectivity index (χ3n) is 3.93. The summed E-state index contributed by atoms with van der Waals surface area (Å²) in [6.45, 7) is 5.62. The highest BCUT2D eigenvalue weighted by molar-refractivity contribution is 5.57. The van der Waals surface area contributed by atoms with Crippen molar-refractivity contribution in [2.24, 2.45) is 17.6 Å². The first-order chi connectivity index (χ1) is 8.82. The van der Waals surface area contributed by atoms with Crippen LogP contribution >= 0.6 is 0 Å². The summed E-state index contributed by atoms with van der Waals surface area (Å²) in [6, 6.07) is 4.40. The maximum Gasteiger partial charge on any atom is 0.418 e. The molecule has 2 atom stereocenters. The van der Waals surface area contributed by atoms with Crippen LogP contribution in [-0.4, -0.2) is 13.1 Å². The molecule has 1 aliphatic heterocycles. The van der Waals surface area contributed by atoms with Crippen molar-refractivity contribution in [3.63, 3.8) is 0 Å². The molecule has 0 aromatic heterocycles. The van der Waals surface area contributed by atoms with Crippen LogP contribution in [0, 0.1) is 11.8 Å². The quantitative estimate of drug-likeness (QED) is 0.895. The molecule has 0 bridgehead atoms. The number of nitrogens with zero attached hydrogens (tertiary/aromatic N) is 1. The van der Waals surface area contributed by atoms with Crippen LogP contribution in [0.15, 0.2) is 18.2 Å². The highest BCUT2D eigenvalue weighted by Gasteiger charge is 2.37. The molecule has 0 amide bonds. The van der Waals surface area contributed by atoms with Gasteiger partial charge in [-0.05, 0) is 29.5 Å². The van der Waals surface area contributed by atoms with E-state index < -0.39 is 11.7 Å². The van der Waals surface area contributed by atoms with Gasteiger partial charge in [0.2, 0.25) is 0 Å². The van der Waals surface area contributed by atoms with Crippen LogP contribution in [0.2, 0.25) is 0 Å². The van der Waals surface area contributed by atoms with Crippen LogP contribution in [0.4, 0.5) is 18.9 Å². The summed E-state index contributed by atoms with van der Waals surface area (Å²) in [4.78, 5) is 1.83.